The highest BCUT2D eigenvalue weighted by Crippen LogP contribution is 2.32. The van der Waals surface area contributed by atoms with Crippen LogP contribution in [0.3, 0.4) is 0 Å². The van der Waals surface area contributed by atoms with Gasteiger partial charge in [0.1, 0.15) is 0 Å². The molecular formula is C10H13ClN2. The van der Waals surface area contributed by atoms with E-state index in [4.69, 9.17) is 17.3 Å². The standard InChI is InChI=1S/C10H13ClN2/c1-6-4-7(10-2-3-13-10)8(11)5-9(6)12/h4-5,10,13H,2-3,12H2,1H3/t10-/m0/s1. The summed E-state index contributed by atoms with van der Waals surface area (Å²) in [6.45, 7) is 3.10. The van der Waals surface area contributed by atoms with E-state index in [2.05, 4.69) is 11.4 Å². The van der Waals surface area contributed by atoms with Gasteiger partial charge in [0.2, 0.25) is 0 Å². The predicted molar refractivity (Wildman–Crippen MR) is 56.0 cm³/mol. The molecule has 0 spiro atoms. The Labute approximate surface area is 83.1 Å². The van der Waals surface area contributed by atoms with Gasteiger partial charge >= 0.3 is 0 Å². The van der Waals surface area contributed by atoms with Gasteiger partial charge in [0.25, 0.3) is 0 Å². The number of nitrogen functional groups attached to an aromatic ring is 1. The molecule has 0 amide bonds. The van der Waals surface area contributed by atoms with Crippen LogP contribution in [0.5, 0.6) is 0 Å². The molecule has 1 aromatic carbocycles. The summed E-state index contributed by atoms with van der Waals surface area (Å²) in [6.07, 6.45) is 1.17. The number of halogens is 1. The Morgan fingerprint density at radius 3 is 2.77 bits per heavy atom. The molecule has 3 N–H and O–H groups in total. The molecule has 13 heavy (non-hydrogen) atoms. The lowest BCUT2D eigenvalue weighted by molar-refractivity contribution is 0.383. The fourth-order valence-corrected chi connectivity index (χ4v) is 1.84. The highest BCUT2D eigenvalue weighted by Gasteiger charge is 2.21. The quantitative estimate of drug-likeness (QED) is 0.677. The van der Waals surface area contributed by atoms with Crippen LogP contribution in [-0.4, -0.2) is 6.54 Å². The Kier molecular flexibility index (Phi) is 2.18. The maximum atomic E-state index is 6.09. The van der Waals surface area contributed by atoms with Crippen LogP contribution in [0.1, 0.15) is 23.6 Å². The highest BCUT2D eigenvalue weighted by molar-refractivity contribution is 6.31. The van der Waals surface area contributed by atoms with Crippen molar-refractivity contribution < 1.29 is 0 Å². The van der Waals surface area contributed by atoms with Crippen LogP contribution < -0.4 is 11.1 Å². The van der Waals surface area contributed by atoms with Crippen molar-refractivity contribution in [2.45, 2.75) is 19.4 Å². The first-order chi connectivity index (χ1) is 6.18. The fourth-order valence-electron chi connectivity index (χ4n) is 1.54. The average molecular weight is 197 g/mol. The van der Waals surface area contributed by atoms with Gasteiger partial charge in [0.15, 0.2) is 0 Å². The van der Waals surface area contributed by atoms with Gasteiger partial charge in [-0.2, -0.15) is 0 Å². The first-order valence-electron chi connectivity index (χ1n) is 4.47. The van der Waals surface area contributed by atoms with Crippen molar-refractivity contribution in [1.29, 1.82) is 0 Å². The normalized spacial score (nSPS) is 21.2. The molecule has 1 aliphatic heterocycles. The molecule has 1 heterocycles. The van der Waals surface area contributed by atoms with Crippen molar-refractivity contribution in [3.63, 3.8) is 0 Å². The van der Waals surface area contributed by atoms with Gasteiger partial charge < -0.3 is 11.1 Å². The van der Waals surface area contributed by atoms with Crippen molar-refractivity contribution >= 4 is 17.3 Å². The lowest BCUT2D eigenvalue weighted by atomic mass is 9.96. The lowest BCUT2D eigenvalue weighted by Gasteiger charge is -2.29. The molecular weight excluding hydrogens is 184 g/mol. The molecule has 3 heteroatoms. The van der Waals surface area contributed by atoms with E-state index in [0.717, 1.165) is 22.8 Å². The van der Waals surface area contributed by atoms with Crippen molar-refractivity contribution in [2.24, 2.45) is 0 Å². The van der Waals surface area contributed by atoms with Crippen molar-refractivity contribution in [1.82, 2.24) is 5.32 Å². The van der Waals surface area contributed by atoms with Crippen molar-refractivity contribution in [2.75, 3.05) is 12.3 Å². The Morgan fingerprint density at radius 2 is 2.23 bits per heavy atom. The Hall–Kier alpha value is -0.730. The molecule has 1 aromatic rings. The number of hydrogen-bond acceptors (Lipinski definition) is 2. The monoisotopic (exact) mass is 196 g/mol. The van der Waals surface area contributed by atoms with E-state index in [9.17, 15) is 0 Å². The molecule has 2 nitrogen and oxygen atoms in total. The zero-order valence-corrected chi connectivity index (χ0v) is 8.36. The topological polar surface area (TPSA) is 38.0 Å². The number of hydrogen-bond donors (Lipinski definition) is 2. The number of nitrogens with two attached hydrogens (primary N) is 1. The smallest absolute Gasteiger partial charge is 0.0474 e. The minimum Gasteiger partial charge on any atom is -0.398 e. The summed E-state index contributed by atoms with van der Waals surface area (Å²) >= 11 is 6.09. The van der Waals surface area contributed by atoms with E-state index in [1.165, 1.54) is 12.0 Å². The summed E-state index contributed by atoms with van der Waals surface area (Å²) in [4.78, 5) is 0. The molecule has 0 bridgehead atoms. The molecule has 0 aromatic heterocycles. The van der Waals surface area contributed by atoms with Crippen LogP contribution >= 0.6 is 11.6 Å². The molecule has 1 aliphatic rings. The van der Waals surface area contributed by atoms with E-state index in [-0.39, 0.29) is 0 Å². The maximum Gasteiger partial charge on any atom is 0.0474 e. The highest BCUT2D eigenvalue weighted by atomic mass is 35.5. The summed E-state index contributed by atoms with van der Waals surface area (Å²) in [5, 5.41) is 4.10. The second kappa shape index (κ2) is 3.20. The van der Waals surface area contributed by atoms with Crippen molar-refractivity contribution in [3.8, 4) is 0 Å². The van der Waals surface area contributed by atoms with E-state index >= 15 is 0 Å². The SMILES string of the molecule is Cc1cc([C@@H]2CCN2)c(Cl)cc1N. The van der Waals surface area contributed by atoms with Crippen LogP contribution in [0.2, 0.25) is 5.02 Å². The lowest BCUT2D eigenvalue weighted by Crippen LogP contribution is -2.35. The molecule has 0 radical (unpaired) electrons. The Balaban J connectivity index is 2.39. The number of rotatable bonds is 1. The van der Waals surface area contributed by atoms with E-state index in [1.54, 1.807) is 0 Å². The predicted octanol–water partition coefficient (Wildman–Crippen LogP) is 2.27. The minimum absolute atomic E-state index is 0.437. The summed E-state index contributed by atoms with van der Waals surface area (Å²) in [6, 6.07) is 4.35. The van der Waals surface area contributed by atoms with E-state index in [0.29, 0.717) is 6.04 Å². The number of benzene rings is 1. The van der Waals surface area contributed by atoms with Gasteiger partial charge in [0.05, 0.1) is 0 Å². The minimum atomic E-state index is 0.437. The van der Waals surface area contributed by atoms with Gasteiger partial charge in [-0.1, -0.05) is 17.7 Å². The fraction of sp³-hybridized carbons (Fsp3) is 0.400. The largest absolute Gasteiger partial charge is 0.398 e. The third-order valence-corrected chi connectivity index (χ3v) is 2.91. The number of aryl methyl sites for hydroxylation is 1. The van der Waals surface area contributed by atoms with E-state index < -0.39 is 0 Å². The summed E-state index contributed by atoms with van der Waals surface area (Å²) in [5.41, 5.74) is 8.80. The zero-order valence-electron chi connectivity index (χ0n) is 7.60. The molecule has 0 unspecified atom stereocenters. The second-order valence-corrected chi connectivity index (χ2v) is 3.93. The molecule has 1 saturated heterocycles. The molecule has 70 valence electrons. The van der Waals surface area contributed by atoms with Gasteiger partial charge in [-0.05, 0) is 37.1 Å². The van der Waals surface area contributed by atoms with Crippen LogP contribution in [0.4, 0.5) is 5.69 Å². The summed E-state index contributed by atoms with van der Waals surface area (Å²) in [5.74, 6) is 0. The number of anilines is 1. The van der Waals surface area contributed by atoms with Gasteiger partial charge in [-0.15, -0.1) is 0 Å². The van der Waals surface area contributed by atoms with Crippen LogP contribution in [0.15, 0.2) is 12.1 Å². The Morgan fingerprint density at radius 1 is 1.54 bits per heavy atom. The average Bonchev–Trinajstić information content (AvgIpc) is 1.96. The molecule has 2 rings (SSSR count). The summed E-state index contributed by atoms with van der Waals surface area (Å²) in [7, 11) is 0. The Bertz CT molecular complexity index is 332. The molecule has 0 aliphatic carbocycles. The molecule has 1 atom stereocenters. The van der Waals surface area contributed by atoms with Gasteiger partial charge in [-0.3, -0.25) is 0 Å². The molecule has 1 fully saturated rings. The van der Waals surface area contributed by atoms with Gasteiger partial charge in [-0.25, -0.2) is 0 Å². The summed E-state index contributed by atoms with van der Waals surface area (Å²) < 4.78 is 0. The maximum absolute atomic E-state index is 6.09. The van der Waals surface area contributed by atoms with Crippen LogP contribution in [0.25, 0.3) is 0 Å². The van der Waals surface area contributed by atoms with E-state index in [1.807, 2.05) is 13.0 Å². The van der Waals surface area contributed by atoms with Crippen LogP contribution in [0, 0.1) is 6.92 Å². The zero-order chi connectivity index (χ0) is 9.42. The van der Waals surface area contributed by atoms with Crippen molar-refractivity contribution in [3.05, 3.63) is 28.3 Å². The second-order valence-electron chi connectivity index (χ2n) is 3.53. The number of nitrogens with one attached hydrogen (secondary N) is 1. The third-order valence-electron chi connectivity index (χ3n) is 2.58. The van der Waals surface area contributed by atoms with Gasteiger partial charge in [0, 0.05) is 16.8 Å². The third kappa shape index (κ3) is 1.52. The molecule has 0 saturated carbocycles. The first-order valence-corrected chi connectivity index (χ1v) is 4.85. The van der Waals surface area contributed by atoms with Crippen LogP contribution in [-0.2, 0) is 0 Å². The first kappa shape index (κ1) is 8.85.